The molecule has 0 aliphatic carbocycles. The third kappa shape index (κ3) is 6.00. The first-order valence-electron chi connectivity index (χ1n) is 8.02. The third-order valence-electron chi connectivity index (χ3n) is 3.62. The average Bonchev–Trinajstić information content (AvgIpc) is 2.59. The lowest BCUT2D eigenvalue weighted by Crippen LogP contribution is -2.20. The molecule has 2 amide bonds. The van der Waals surface area contributed by atoms with Crippen molar-refractivity contribution in [2.45, 2.75) is 26.7 Å². The Hall–Kier alpha value is -2.67. The minimum absolute atomic E-state index is 0.0350. The molecule has 0 radical (unpaired) electrons. The van der Waals surface area contributed by atoms with Gasteiger partial charge in [-0.1, -0.05) is 12.1 Å². The Labute approximate surface area is 160 Å². The lowest BCUT2D eigenvalue weighted by molar-refractivity contribution is -0.124. The molecule has 0 heterocycles. The molecule has 0 aromatic heterocycles. The molecule has 2 rings (SSSR count). The Morgan fingerprint density at radius 3 is 2.58 bits per heavy atom. The van der Waals surface area contributed by atoms with Gasteiger partial charge in [-0.3, -0.25) is 9.59 Å². The van der Waals surface area contributed by atoms with E-state index >= 15 is 0 Å². The first kappa shape index (κ1) is 19.7. The smallest absolute Gasteiger partial charge is 0.240 e. The van der Waals surface area contributed by atoms with Crippen molar-refractivity contribution in [2.24, 2.45) is 5.10 Å². The first-order chi connectivity index (χ1) is 12.3. The van der Waals surface area contributed by atoms with Gasteiger partial charge < -0.3 is 10.4 Å². The number of rotatable bonds is 6. The Balaban J connectivity index is 1.79. The van der Waals surface area contributed by atoms with E-state index in [0.717, 1.165) is 16.8 Å². The van der Waals surface area contributed by atoms with Gasteiger partial charge in [0.2, 0.25) is 11.8 Å². The van der Waals surface area contributed by atoms with E-state index in [0.29, 0.717) is 10.0 Å². The highest BCUT2D eigenvalue weighted by atomic mass is 79.9. The molecule has 7 heteroatoms. The van der Waals surface area contributed by atoms with Crippen molar-refractivity contribution in [1.29, 1.82) is 0 Å². The van der Waals surface area contributed by atoms with Crippen molar-refractivity contribution in [2.75, 3.05) is 5.32 Å². The van der Waals surface area contributed by atoms with Crippen LogP contribution in [0.5, 0.6) is 5.75 Å². The van der Waals surface area contributed by atoms with Gasteiger partial charge in [-0.05, 0) is 70.7 Å². The Bertz CT molecular complexity index is 850. The Morgan fingerprint density at radius 1 is 1.12 bits per heavy atom. The van der Waals surface area contributed by atoms with Crippen LogP contribution in [0.1, 0.15) is 29.5 Å². The zero-order valence-electron chi connectivity index (χ0n) is 14.5. The van der Waals surface area contributed by atoms with Gasteiger partial charge >= 0.3 is 0 Å². The SMILES string of the molecule is Cc1ccc(C)c(NC(=O)CCC(=O)NN=Cc2ccc(O)c(Br)c2)c1. The quantitative estimate of drug-likeness (QED) is 0.494. The number of carbonyl (C=O) groups excluding carboxylic acids is 2. The van der Waals surface area contributed by atoms with E-state index in [4.69, 9.17) is 0 Å². The van der Waals surface area contributed by atoms with E-state index < -0.39 is 0 Å². The number of hydrogen-bond donors (Lipinski definition) is 3. The first-order valence-corrected chi connectivity index (χ1v) is 8.82. The Kier molecular flexibility index (Phi) is 6.91. The highest BCUT2D eigenvalue weighted by molar-refractivity contribution is 9.10. The lowest BCUT2D eigenvalue weighted by Gasteiger charge is -2.09. The molecule has 6 nitrogen and oxygen atoms in total. The van der Waals surface area contributed by atoms with Crippen LogP contribution in [0.2, 0.25) is 0 Å². The number of anilines is 1. The summed E-state index contributed by atoms with van der Waals surface area (Å²) >= 11 is 3.20. The van der Waals surface area contributed by atoms with E-state index in [2.05, 4.69) is 31.8 Å². The fraction of sp³-hybridized carbons (Fsp3) is 0.211. The minimum atomic E-state index is -0.352. The molecule has 2 aromatic rings. The van der Waals surface area contributed by atoms with Crippen LogP contribution in [0.15, 0.2) is 46.0 Å². The van der Waals surface area contributed by atoms with Crippen LogP contribution in [-0.4, -0.2) is 23.1 Å². The van der Waals surface area contributed by atoms with E-state index in [9.17, 15) is 14.7 Å². The lowest BCUT2D eigenvalue weighted by atomic mass is 10.1. The standard InChI is InChI=1S/C19H20BrN3O3/c1-12-3-4-13(2)16(9-12)22-18(25)7-8-19(26)23-21-11-14-5-6-17(24)15(20)10-14/h3-6,9-11,24H,7-8H2,1-2H3,(H,22,25)(H,23,26). The van der Waals surface area contributed by atoms with Gasteiger partial charge in [0.1, 0.15) is 5.75 Å². The normalized spacial score (nSPS) is 10.7. The number of amides is 2. The second-order valence-electron chi connectivity index (χ2n) is 5.87. The minimum Gasteiger partial charge on any atom is -0.507 e. The molecule has 0 saturated carbocycles. The van der Waals surface area contributed by atoms with Crippen LogP contribution >= 0.6 is 15.9 Å². The summed E-state index contributed by atoms with van der Waals surface area (Å²) in [6, 6.07) is 10.7. The Morgan fingerprint density at radius 2 is 1.85 bits per heavy atom. The number of phenolic OH excluding ortho intramolecular Hbond substituents is 1. The molecule has 26 heavy (non-hydrogen) atoms. The number of halogens is 1. The number of carbonyl (C=O) groups is 2. The molecule has 136 valence electrons. The molecule has 0 saturated heterocycles. The summed E-state index contributed by atoms with van der Waals surface area (Å²) in [4.78, 5) is 23.8. The van der Waals surface area contributed by atoms with Crippen LogP contribution in [-0.2, 0) is 9.59 Å². The van der Waals surface area contributed by atoms with Crippen LogP contribution < -0.4 is 10.7 Å². The van der Waals surface area contributed by atoms with Gasteiger partial charge in [0, 0.05) is 18.5 Å². The van der Waals surface area contributed by atoms with Gasteiger partial charge in [0.25, 0.3) is 0 Å². The number of benzene rings is 2. The van der Waals surface area contributed by atoms with Crippen molar-refractivity contribution in [1.82, 2.24) is 5.43 Å². The topological polar surface area (TPSA) is 90.8 Å². The number of nitrogens with one attached hydrogen (secondary N) is 2. The third-order valence-corrected chi connectivity index (χ3v) is 4.26. The number of nitrogens with zero attached hydrogens (tertiary/aromatic N) is 1. The fourth-order valence-corrected chi connectivity index (χ4v) is 2.54. The maximum Gasteiger partial charge on any atom is 0.240 e. The van der Waals surface area contributed by atoms with Crippen LogP contribution in [0, 0.1) is 13.8 Å². The molecular formula is C19H20BrN3O3. The predicted octanol–water partition coefficient (Wildman–Crippen LogP) is 3.64. The molecule has 2 aromatic carbocycles. The summed E-state index contributed by atoms with van der Waals surface area (Å²) in [5.74, 6) is -0.448. The average molecular weight is 418 g/mol. The largest absolute Gasteiger partial charge is 0.507 e. The molecule has 0 spiro atoms. The monoisotopic (exact) mass is 417 g/mol. The molecule has 0 unspecified atom stereocenters. The van der Waals surface area contributed by atoms with E-state index in [-0.39, 0.29) is 30.4 Å². The van der Waals surface area contributed by atoms with Gasteiger partial charge in [-0.2, -0.15) is 5.10 Å². The highest BCUT2D eigenvalue weighted by Gasteiger charge is 2.08. The summed E-state index contributed by atoms with van der Waals surface area (Å²) in [5, 5.41) is 16.1. The summed E-state index contributed by atoms with van der Waals surface area (Å²) in [5.41, 5.74) is 5.87. The maximum atomic E-state index is 12.0. The number of aromatic hydroxyl groups is 1. The van der Waals surface area contributed by atoms with Crippen molar-refractivity contribution in [3.05, 3.63) is 57.6 Å². The van der Waals surface area contributed by atoms with Gasteiger partial charge in [-0.25, -0.2) is 5.43 Å². The molecule has 0 fully saturated rings. The number of hydrogen-bond acceptors (Lipinski definition) is 4. The van der Waals surface area contributed by atoms with Gasteiger partial charge in [-0.15, -0.1) is 0 Å². The van der Waals surface area contributed by atoms with E-state index in [1.807, 2.05) is 32.0 Å². The zero-order chi connectivity index (χ0) is 19.1. The van der Waals surface area contributed by atoms with Crippen molar-refractivity contribution >= 4 is 39.6 Å². The molecular weight excluding hydrogens is 398 g/mol. The highest BCUT2D eigenvalue weighted by Crippen LogP contribution is 2.23. The number of aryl methyl sites for hydroxylation is 2. The molecule has 3 N–H and O–H groups in total. The van der Waals surface area contributed by atoms with E-state index in [1.165, 1.54) is 12.3 Å². The van der Waals surface area contributed by atoms with Gasteiger partial charge in [0.15, 0.2) is 0 Å². The van der Waals surface area contributed by atoms with Crippen molar-refractivity contribution in [3.8, 4) is 5.75 Å². The molecule has 0 bridgehead atoms. The maximum absolute atomic E-state index is 12.0. The second kappa shape index (κ2) is 9.15. The zero-order valence-corrected chi connectivity index (χ0v) is 16.1. The summed E-state index contributed by atoms with van der Waals surface area (Å²) in [7, 11) is 0. The number of phenols is 1. The predicted molar refractivity (Wildman–Crippen MR) is 105 cm³/mol. The molecule has 0 aliphatic rings. The summed E-state index contributed by atoms with van der Waals surface area (Å²) in [6.45, 7) is 3.87. The van der Waals surface area contributed by atoms with E-state index in [1.54, 1.807) is 12.1 Å². The van der Waals surface area contributed by atoms with Gasteiger partial charge in [0.05, 0.1) is 10.7 Å². The summed E-state index contributed by atoms with van der Waals surface area (Å²) < 4.78 is 0.538. The van der Waals surface area contributed by atoms with Crippen LogP contribution in [0.4, 0.5) is 5.69 Å². The summed E-state index contributed by atoms with van der Waals surface area (Å²) in [6.07, 6.45) is 1.56. The number of hydrazone groups is 1. The van der Waals surface area contributed by atoms with Crippen LogP contribution in [0.25, 0.3) is 0 Å². The second-order valence-corrected chi connectivity index (χ2v) is 6.72. The fourth-order valence-electron chi connectivity index (χ4n) is 2.15. The molecule has 0 atom stereocenters. The van der Waals surface area contributed by atoms with Crippen LogP contribution in [0.3, 0.4) is 0 Å². The van der Waals surface area contributed by atoms with Crippen molar-refractivity contribution in [3.63, 3.8) is 0 Å². The van der Waals surface area contributed by atoms with Crippen molar-refractivity contribution < 1.29 is 14.7 Å². The molecule has 0 aliphatic heterocycles.